The lowest BCUT2D eigenvalue weighted by molar-refractivity contribution is -0.292. The van der Waals surface area contributed by atoms with E-state index in [0.29, 0.717) is 0 Å². The van der Waals surface area contributed by atoms with Gasteiger partial charge in [-0.05, 0) is 25.0 Å². The summed E-state index contributed by atoms with van der Waals surface area (Å²) in [5.41, 5.74) is 0.667. The second-order valence-corrected chi connectivity index (χ2v) is 6.35. The molecule has 4 nitrogen and oxygen atoms in total. The topological polar surface area (TPSA) is 44.8 Å². The Labute approximate surface area is 141 Å². The van der Waals surface area contributed by atoms with Gasteiger partial charge in [-0.15, -0.1) is 0 Å². The summed E-state index contributed by atoms with van der Waals surface area (Å²) in [5.74, 6) is 0.249. The summed E-state index contributed by atoms with van der Waals surface area (Å²) in [6, 6.07) is 17.3. The largest absolute Gasteiger partial charge is 0.464 e. The number of carbonyl (C=O) groups is 1. The summed E-state index contributed by atoms with van der Waals surface area (Å²) in [6.07, 6.45) is 0.169. The number of benzene rings is 2. The van der Waals surface area contributed by atoms with Crippen LogP contribution in [0, 0.1) is 0 Å². The fraction of sp³-hybridized carbons (Fsp3) is 0.350. The SMILES string of the molecule is CC[C@H](C)OC(=O)C1(c2ccccc2)O[C@H]2Oc3ccccc3[C@H]21. The molecule has 2 heterocycles. The Morgan fingerprint density at radius 1 is 1.17 bits per heavy atom. The van der Waals surface area contributed by atoms with Gasteiger partial charge in [-0.25, -0.2) is 4.79 Å². The van der Waals surface area contributed by atoms with Crippen LogP contribution in [0.3, 0.4) is 0 Å². The highest BCUT2D eigenvalue weighted by molar-refractivity contribution is 5.85. The number of carbonyl (C=O) groups excluding carboxylic acids is 1. The van der Waals surface area contributed by atoms with Gasteiger partial charge in [0.15, 0.2) is 0 Å². The highest BCUT2D eigenvalue weighted by atomic mass is 16.7. The quantitative estimate of drug-likeness (QED) is 0.803. The Balaban J connectivity index is 1.78. The average molecular weight is 324 g/mol. The zero-order valence-corrected chi connectivity index (χ0v) is 13.8. The first-order valence-corrected chi connectivity index (χ1v) is 8.37. The normalized spacial score (nSPS) is 28.1. The molecule has 0 spiro atoms. The number of hydrogen-bond acceptors (Lipinski definition) is 4. The van der Waals surface area contributed by atoms with Gasteiger partial charge in [0, 0.05) is 5.56 Å². The number of esters is 1. The monoisotopic (exact) mass is 324 g/mol. The molecule has 124 valence electrons. The summed E-state index contributed by atoms with van der Waals surface area (Å²) >= 11 is 0. The molecule has 4 atom stereocenters. The molecule has 0 aliphatic carbocycles. The maximum atomic E-state index is 13.1. The van der Waals surface area contributed by atoms with Crippen LogP contribution in [-0.2, 0) is 19.9 Å². The molecule has 0 bridgehead atoms. The summed E-state index contributed by atoms with van der Waals surface area (Å²) < 4.78 is 17.5. The van der Waals surface area contributed by atoms with E-state index in [4.69, 9.17) is 14.2 Å². The van der Waals surface area contributed by atoms with Crippen LogP contribution in [0.5, 0.6) is 5.75 Å². The van der Waals surface area contributed by atoms with Gasteiger partial charge in [0.2, 0.25) is 11.9 Å². The zero-order valence-electron chi connectivity index (χ0n) is 13.8. The lowest BCUT2D eigenvalue weighted by Gasteiger charge is -2.48. The molecule has 24 heavy (non-hydrogen) atoms. The smallest absolute Gasteiger partial charge is 0.344 e. The molecule has 0 saturated carbocycles. The van der Waals surface area contributed by atoms with Crippen molar-refractivity contribution in [3.05, 3.63) is 65.7 Å². The third-order valence-electron chi connectivity index (χ3n) is 4.90. The van der Waals surface area contributed by atoms with Crippen molar-refractivity contribution in [3.63, 3.8) is 0 Å². The van der Waals surface area contributed by atoms with Crippen LogP contribution < -0.4 is 4.74 Å². The van der Waals surface area contributed by atoms with Crippen molar-refractivity contribution in [2.75, 3.05) is 0 Å². The van der Waals surface area contributed by atoms with E-state index in [1.54, 1.807) is 0 Å². The molecule has 0 amide bonds. The van der Waals surface area contributed by atoms with Gasteiger partial charge in [-0.3, -0.25) is 0 Å². The molecule has 0 radical (unpaired) electrons. The first-order valence-electron chi connectivity index (χ1n) is 8.37. The Morgan fingerprint density at radius 2 is 1.88 bits per heavy atom. The van der Waals surface area contributed by atoms with Gasteiger partial charge in [-0.1, -0.05) is 55.5 Å². The first kappa shape index (κ1) is 15.2. The summed E-state index contributed by atoms with van der Waals surface area (Å²) in [7, 11) is 0. The minimum atomic E-state index is -1.14. The number of fused-ring (bicyclic) bond motifs is 3. The van der Waals surface area contributed by atoms with Crippen LogP contribution >= 0.6 is 0 Å². The molecule has 2 aromatic rings. The number of para-hydroxylation sites is 1. The summed E-state index contributed by atoms with van der Waals surface area (Å²) in [4.78, 5) is 13.1. The first-order chi connectivity index (χ1) is 11.7. The highest BCUT2D eigenvalue weighted by Gasteiger charge is 2.67. The van der Waals surface area contributed by atoms with Gasteiger partial charge in [-0.2, -0.15) is 0 Å². The third-order valence-corrected chi connectivity index (χ3v) is 4.90. The van der Waals surface area contributed by atoms with E-state index in [2.05, 4.69) is 0 Å². The standard InChI is InChI=1S/C20H20O4/c1-3-13(2)22-19(21)20(14-9-5-4-6-10-14)17-15-11-7-8-12-16(15)23-18(17)24-20/h4-13,17-18H,3H2,1-2H3/t13-,17+,18+,20?/m0/s1. The summed E-state index contributed by atoms with van der Waals surface area (Å²) in [5, 5.41) is 0. The highest BCUT2D eigenvalue weighted by Crippen LogP contribution is 2.59. The minimum Gasteiger partial charge on any atom is -0.464 e. The molecule has 1 fully saturated rings. The van der Waals surface area contributed by atoms with Gasteiger partial charge in [0.1, 0.15) is 5.75 Å². The molecule has 4 rings (SSSR count). The predicted octanol–water partition coefficient (Wildman–Crippen LogP) is 3.76. The van der Waals surface area contributed by atoms with Crippen LogP contribution in [0.25, 0.3) is 0 Å². The van der Waals surface area contributed by atoms with Crippen LogP contribution in [-0.4, -0.2) is 18.4 Å². The van der Waals surface area contributed by atoms with Crippen molar-refractivity contribution in [1.82, 2.24) is 0 Å². The zero-order chi connectivity index (χ0) is 16.7. The van der Waals surface area contributed by atoms with Crippen molar-refractivity contribution < 1.29 is 19.0 Å². The second-order valence-electron chi connectivity index (χ2n) is 6.35. The molecule has 2 aliphatic rings. The lowest BCUT2D eigenvalue weighted by Crippen LogP contribution is -2.61. The third kappa shape index (κ3) is 2.06. The lowest BCUT2D eigenvalue weighted by atomic mass is 9.73. The van der Waals surface area contributed by atoms with E-state index >= 15 is 0 Å². The van der Waals surface area contributed by atoms with E-state index in [1.165, 1.54) is 0 Å². The number of ether oxygens (including phenoxy) is 3. The van der Waals surface area contributed by atoms with Gasteiger partial charge in [0.05, 0.1) is 12.0 Å². The Hall–Kier alpha value is -2.33. The fourth-order valence-corrected chi connectivity index (χ4v) is 3.45. The van der Waals surface area contributed by atoms with Gasteiger partial charge in [0.25, 0.3) is 0 Å². The van der Waals surface area contributed by atoms with Crippen LogP contribution in [0.2, 0.25) is 0 Å². The van der Waals surface area contributed by atoms with Crippen molar-refractivity contribution >= 4 is 5.97 Å². The Morgan fingerprint density at radius 3 is 2.62 bits per heavy atom. The maximum Gasteiger partial charge on any atom is 0.344 e. The van der Waals surface area contributed by atoms with Gasteiger partial charge >= 0.3 is 5.97 Å². The van der Waals surface area contributed by atoms with Crippen LogP contribution in [0.4, 0.5) is 0 Å². The number of rotatable bonds is 4. The van der Waals surface area contributed by atoms with E-state index in [9.17, 15) is 4.79 Å². The predicted molar refractivity (Wildman–Crippen MR) is 88.6 cm³/mol. The number of hydrogen-bond donors (Lipinski definition) is 0. The summed E-state index contributed by atoms with van der Waals surface area (Å²) in [6.45, 7) is 3.89. The Kier molecular flexibility index (Phi) is 3.57. The van der Waals surface area contributed by atoms with Crippen LogP contribution in [0.1, 0.15) is 37.3 Å². The van der Waals surface area contributed by atoms with E-state index < -0.39 is 11.9 Å². The van der Waals surface area contributed by atoms with E-state index in [0.717, 1.165) is 23.3 Å². The maximum absolute atomic E-state index is 13.1. The van der Waals surface area contributed by atoms with Crippen molar-refractivity contribution in [1.29, 1.82) is 0 Å². The molecule has 0 aromatic heterocycles. The van der Waals surface area contributed by atoms with E-state index in [-0.39, 0.29) is 18.0 Å². The van der Waals surface area contributed by atoms with Crippen LogP contribution in [0.15, 0.2) is 54.6 Å². The minimum absolute atomic E-state index is 0.154. The molecular formula is C20H20O4. The van der Waals surface area contributed by atoms with Crippen molar-refractivity contribution in [2.45, 2.75) is 44.2 Å². The molecule has 2 aliphatic heterocycles. The molecule has 1 unspecified atom stereocenters. The van der Waals surface area contributed by atoms with Crippen molar-refractivity contribution in [2.24, 2.45) is 0 Å². The molecule has 1 saturated heterocycles. The van der Waals surface area contributed by atoms with E-state index in [1.807, 2.05) is 68.4 Å². The molecule has 0 N–H and O–H groups in total. The Bertz CT molecular complexity index is 757. The fourth-order valence-electron chi connectivity index (χ4n) is 3.45. The van der Waals surface area contributed by atoms with Crippen molar-refractivity contribution in [3.8, 4) is 5.75 Å². The average Bonchev–Trinajstić information content (AvgIpc) is 2.89. The molecular weight excluding hydrogens is 304 g/mol. The second kappa shape index (κ2) is 5.64. The molecule has 4 heteroatoms. The van der Waals surface area contributed by atoms with Gasteiger partial charge < -0.3 is 14.2 Å². The molecule has 2 aromatic carbocycles.